The van der Waals surface area contributed by atoms with Gasteiger partial charge < -0.3 is 10.2 Å². The fraction of sp³-hybridized carbons (Fsp3) is 0.667. The summed E-state index contributed by atoms with van der Waals surface area (Å²) in [6.45, 7) is 10.2. The van der Waals surface area contributed by atoms with Crippen LogP contribution in [0.2, 0.25) is 0 Å². The molecule has 0 amide bonds. The van der Waals surface area contributed by atoms with Crippen LogP contribution in [-0.4, -0.2) is 31.6 Å². The van der Waals surface area contributed by atoms with Crippen molar-refractivity contribution in [2.24, 2.45) is 5.92 Å². The second kappa shape index (κ2) is 10.4. The highest BCUT2D eigenvalue weighted by molar-refractivity contribution is 9.10. The lowest BCUT2D eigenvalue weighted by Crippen LogP contribution is -2.28. The molecule has 0 saturated carbocycles. The van der Waals surface area contributed by atoms with Gasteiger partial charge in [0.1, 0.15) is 0 Å². The average Bonchev–Trinajstić information content (AvgIpc) is 2.45. The largest absolute Gasteiger partial charge is 0.310 e. The smallest absolute Gasteiger partial charge is 0.0332 e. The Kier molecular flexibility index (Phi) is 9.21. The first kappa shape index (κ1) is 18.7. The van der Waals surface area contributed by atoms with Gasteiger partial charge in [0.05, 0.1) is 0 Å². The Balaban J connectivity index is 2.54. The maximum atomic E-state index is 3.69. The van der Waals surface area contributed by atoms with Gasteiger partial charge in [-0.1, -0.05) is 48.8 Å². The molecule has 0 aliphatic carbocycles. The fourth-order valence-corrected chi connectivity index (χ4v) is 2.79. The van der Waals surface area contributed by atoms with E-state index in [1.807, 2.05) is 0 Å². The molecule has 0 radical (unpaired) electrons. The van der Waals surface area contributed by atoms with Gasteiger partial charge in [-0.25, -0.2) is 0 Å². The molecule has 1 N–H and O–H groups in total. The van der Waals surface area contributed by atoms with Gasteiger partial charge >= 0.3 is 0 Å². The van der Waals surface area contributed by atoms with Crippen LogP contribution in [-0.2, 0) is 0 Å². The van der Waals surface area contributed by atoms with Crippen LogP contribution >= 0.6 is 15.9 Å². The number of rotatable bonds is 10. The third-order valence-corrected chi connectivity index (χ3v) is 4.27. The van der Waals surface area contributed by atoms with Crippen LogP contribution in [0, 0.1) is 5.92 Å². The number of halogens is 1. The summed E-state index contributed by atoms with van der Waals surface area (Å²) in [6.07, 6.45) is 3.61. The molecule has 1 aromatic carbocycles. The van der Waals surface area contributed by atoms with E-state index >= 15 is 0 Å². The van der Waals surface area contributed by atoms with Crippen molar-refractivity contribution in [2.45, 2.75) is 46.1 Å². The Bertz CT molecular complexity index is 393. The average molecular weight is 355 g/mol. The molecule has 0 aliphatic heterocycles. The Labute approximate surface area is 139 Å². The first-order chi connectivity index (χ1) is 10.0. The van der Waals surface area contributed by atoms with Gasteiger partial charge in [0.15, 0.2) is 0 Å². The van der Waals surface area contributed by atoms with Crippen molar-refractivity contribution in [1.29, 1.82) is 0 Å². The Morgan fingerprint density at radius 1 is 1.19 bits per heavy atom. The first-order valence-electron chi connectivity index (χ1n) is 8.20. The first-order valence-corrected chi connectivity index (χ1v) is 8.99. The molecule has 0 bridgehead atoms. The van der Waals surface area contributed by atoms with Gasteiger partial charge in [0.2, 0.25) is 0 Å². The van der Waals surface area contributed by atoms with E-state index in [0.29, 0.717) is 6.04 Å². The molecular weight excluding hydrogens is 324 g/mol. The lowest BCUT2D eigenvalue weighted by Gasteiger charge is -2.23. The van der Waals surface area contributed by atoms with Crippen LogP contribution in [0.3, 0.4) is 0 Å². The zero-order valence-corrected chi connectivity index (χ0v) is 15.6. The fourth-order valence-electron chi connectivity index (χ4n) is 2.37. The number of hydrogen-bond acceptors (Lipinski definition) is 2. The van der Waals surface area contributed by atoms with E-state index < -0.39 is 0 Å². The monoisotopic (exact) mass is 354 g/mol. The van der Waals surface area contributed by atoms with Crippen LogP contribution in [0.4, 0.5) is 0 Å². The molecule has 0 fully saturated rings. The van der Waals surface area contributed by atoms with Crippen molar-refractivity contribution in [2.75, 3.05) is 26.7 Å². The molecule has 2 nitrogen and oxygen atoms in total. The Hall–Kier alpha value is -0.380. The predicted molar refractivity (Wildman–Crippen MR) is 96.7 cm³/mol. The maximum absolute atomic E-state index is 3.69. The quantitative estimate of drug-likeness (QED) is 0.645. The second-order valence-electron chi connectivity index (χ2n) is 6.34. The number of benzene rings is 1. The summed E-state index contributed by atoms with van der Waals surface area (Å²) in [7, 11) is 2.24. The molecular formula is C18H31BrN2. The van der Waals surface area contributed by atoms with Crippen molar-refractivity contribution in [3.8, 4) is 0 Å². The third kappa shape index (κ3) is 7.98. The zero-order chi connectivity index (χ0) is 15.7. The molecule has 0 aromatic heterocycles. The molecule has 0 saturated heterocycles. The summed E-state index contributed by atoms with van der Waals surface area (Å²) in [5, 5.41) is 3.69. The maximum Gasteiger partial charge on any atom is 0.0332 e. The van der Waals surface area contributed by atoms with Gasteiger partial charge in [-0.3, -0.25) is 0 Å². The van der Waals surface area contributed by atoms with E-state index in [1.54, 1.807) is 0 Å². The van der Waals surface area contributed by atoms with Crippen molar-refractivity contribution >= 4 is 15.9 Å². The molecule has 0 heterocycles. The summed E-state index contributed by atoms with van der Waals surface area (Å²) in [5.74, 6) is 0.784. The van der Waals surface area contributed by atoms with Crippen LogP contribution in [0.25, 0.3) is 0 Å². The van der Waals surface area contributed by atoms with Crippen LogP contribution in [0.1, 0.15) is 51.6 Å². The second-order valence-corrected chi connectivity index (χ2v) is 7.25. The molecule has 0 aliphatic rings. The summed E-state index contributed by atoms with van der Waals surface area (Å²) < 4.78 is 1.16. The normalized spacial score (nSPS) is 13.1. The van der Waals surface area contributed by atoms with Gasteiger partial charge in [-0.05, 0) is 69.6 Å². The van der Waals surface area contributed by atoms with E-state index in [-0.39, 0.29) is 0 Å². The lowest BCUT2D eigenvalue weighted by atomic mass is 10.0. The highest BCUT2D eigenvalue weighted by Gasteiger charge is 2.12. The summed E-state index contributed by atoms with van der Waals surface area (Å²) >= 11 is 3.58. The highest BCUT2D eigenvalue weighted by atomic mass is 79.9. The van der Waals surface area contributed by atoms with E-state index in [2.05, 4.69) is 78.2 Å². The minimum atomic E-state index is 0.448. The predicted octanol–water partition coefficient (Wildman–Crippen LogP) is 4.86. The molecule has 0 spiro atoms. The van der Waals surface area contributed by atoms with E-state index in [9.17, 15) is 0 Å². The molecule has 1 aromatic rings. The van der Waals surface area contributed by atoms with Gasteiger partial charge in [0, 0.05) is 10.5 Å². The summed E-state index contributed by atoms with van der Waals surface area (Å²) in [5.41, 5.74) is 1.38. The molecule has 21 heavy (non-hydrogen) atoms. The third-order valence-electron chi connectivity index (χ3n) is 3.78. The number of nitrogens with one attached hydrogen (secondary N) is 1. The summed E-state index contributed by atoms with van der Waals surface area (Å²) in [6, 6.07) is 9.13. The topological polar surface area (TPSA) is 15.3 Å². The zero-order valence-electron chi connectivity index (χ0n) is 14.0. The molecule has 120 valence electrons. The molecule has 3 heteroatoms. The van der Waals surface area contributed by atoms with Crippen LogP contribution in [0.5, 0.6) is 0 Å². The molecule has 1 atom stereocenters. The van der Waals surface area contributed by atoms with E-state index in [4.69, 9.17) is 0 Å². The highest BCUT2D eigenvalue weighted by Crippen LogP contribution is 2.21. The minimum absolute atomic E-state index is 0.448. The van der Waals surface area contributed by atoms with E-state index in [1.165, 1.54) is 24.9 Å². The van der Waals surface area contributed by atoms with Crippen molar-refractivity contribution in [1.82, 2.24) is 10.2 Å². The Morgan fingerprint density at radius 3 is 2.52 bits per heavy atom. The van der Waals surface area contributed by atoms with Crippen LogP contribution in [0.15, 0.2) is 28.7 Å². The van der Waals surface area contributed by atoms with Gasteiger partial charge in [0.25, 0.3) is 0 Å². The minimum Gasteiger partial charge on any atom is -0.310 e. The van der Waals surface area contributed by atoms with Crippen molar-refractivity contribution < 1.29 is 0 Å². The van der Waals surface area contributed by atoms with Crippen molar-refractivity contribution in [3.63, 3.8) is 0 Å². The van der Waals surface area contributed by atoms with Crippen LogP contribution < -0.4 is 5.32 Å². The molecule has 1 unspecified atom stereocenters. The van der Waals surface area contributed by atoms with Gasteiger partial charge in [-0.15, -0.1) is 0 Å². The number of hydrogen-bond donors (Lipinski definition) is 1. The lowest BCUT2D eigenvalue weighted by molar-refractivity contribution is 0.289. The van der Waals surface area contributed by atoms with Gasteiger partial charge in [-0.2, -0.15) is 0 Å². The SMILES string of the molecule is CCCNC(CCN(C)CCC(C)C)c1cccc(Br)c1. The number of nitrogens with zero attached hydrogens (tertiary/aromatic N) is 1. The Morgan fingerprint density at radius 2 is 1.90 bits per heavy atom. The van der Waals surface area contributed by atoms with Crippen molar-refractivity contribution in [3.05, 3.63) is 34.3 Å². The standard InChI is InChI=1S/C18H31BrN2/c1-5-11-20-18(16-7-6-8-17(19)14-16)10-13-21(4)12-9-15(2)3/h6-8,14-15,18,20H,5,9-13H2,1-4H3. The summed E-state index contributed by atoms with van der Waals surface area (Å²) in [4.78, 5) is 2.46. The molecule has 1 rings (SSSR count). The van der Waals surface area contributed by atoms with E-state index in [0.717, 1.165) is 29.9 Å².